The van der Waals surface area contributed by atoms with Crippen molar-refractivity contribution in [2.24, 2.45) is 0 Å². The van der Waals surface area contributed by atoms with E-state index >= 15 is 0 Å². The fraction of sp³-hybridized carbons (Fsp3) is 0.381. The summed E-state index contributed by atoms with van der Waals surface area (Å²) >= 11 is 6.06. The van der Waals surface area contributed by atoms with E-state index in [9.17, 15) is 17.6 Å². The van der Waals surface area contributed by atoms with E-state index in [4.69, 9.17) is 11.6 Å². The summed E-state index contributed by atoms with van der Waals surface area (Å²) in [7, 11) is 0. The Labute approximate surface area is 169 Å². The maximum absolute atomic E-state index is 15.0. The molecule has 2 aliphatic heterocycles. The fourth-order valence-electron chi connectivity index (χ4n) is 4.73. The van der Waals surface area contributed by atoms with Crippen molar-refractivity contribution in [1.82, 2.24) is 14.9 Å². The Morgan fingerprint density at radius 1 is 1.17 bits per heavy atom. The van der Waals surface area contributed by atoms with Crippen LogP contribution in [0.5, 0.6) is 0 Å². The lowest BCUT2D eigenvalue weighted by Gasteiger charge is -2.24. The third-order valence-electron chi connectivity index (χ3n) is 6.04. The van der Waals surface area contributed by atoms with Gasteiger partial charge < -0.3 is 9.88 Å². The highest BCUT2D eigenvalue weighted by Crippen LogP contribution is 2.43. The van der Waals surface area contributed by atoms with E-state index < -0.39 is 17.7 Å². The Morgan fingerprint density at radius 2 is 2.00 bits per heavy atom. The van der Waals surface area contributed by atoms with Crippen LogP contribution in [0, 0.1) is 5.82 Å². The normalized spacial score (nSPS) is 21.0. The third kappa shape index (κ3) is 3.11. The van der Waals surface area contributed by atoms with Crippen LogP contribution < -0.4 is 5.32 Å². The van der Waals surface area contributed by atoms with Gasteiger partial charge in [0.25, 0.3) is 0 Å². The first kappa shape index (κ1) is 18.9. The Hall–Kier alpha value is -2.12. The van der Waals surface area contributed by atoms with Crippen LogP contribution in [0.3, 0.4) is 0 Å². The van der Waals surface area contributed by atoms with Crippen LogP contribution in [0.15, 0.2) is 30.5 Å². The van der Waals surface area contributed by atoms with Crippen LogP contribution in [-0.2, 0) is 25.6 Å². The number of aromatic nitrogens is 2. The third-order valence-corrected chi connectivity index (χ3v) is 6.33. The number of alkyl halides is 3. The van der Waals surface area contributed by atoms with Crippen molar-refractivity contribution in [3.8, 4) is 0 Å². The van der Waals surface area contributed by atoms with Crippen LogP contribution in [0.1, 0.15) is 41.4 Å². The monoisotopic (exact) mass is 423 g/mol. The summed E-state index contributed by atoms with van der Waals surface area (Å²) in [5, 5.41) is 4.22. The average Bonchev–Trinajstić information content (AvgIpc) is 3.22. The number of halogens is 5. The second kappa shape index (κ2) is 6.71. The van der Waals surface area contributed by atoms with Crippen LogP contribution >= 0.6 is 11.6 Å². The van der Waals surface area contributed by atoms with Crippen molar-refractivity contribution in [1.29, 1.82) is 0 Å². The van der Waals surface area contributed by atoms with Crippen molar-refractivity contribution in [2.75, 3.05) is 0 Å². The molecule has 2 aliphatic rings. The van der Waals surface area contributed by atoms with Gasteiger partial charge in [-0.05, 0) is 43.0 Å². The molecule has 2 unspecified atom stereocenters. The molecule has 0 spiro atoms. The average molecular weight is 424 g/mol. The fourth-order valence-corrected chi connectivity index (χ4v) is 4.89. The molecular weight excluding hydrogens is 406 g/mol. The molecule has 0 amide bonds. The molecule has 2 bridgehead atoms. The highest BCUT2D eigenvalue weighted by molar-refractivity contribution is 6.31. The molecular formula is C21H18ClF4N3. The topological polar surface area (TPSA) is 29.9 Å². The van der Waals surface area contributed by atoms with Crippen LogP contribution in [0.2, 0.25) is 5.02 Å². The summed E-state index contributed by atoms with van der Waals surface area (Å²) in [4.78, 5) is 3.54. The van der Waals surface area contributed by atoms with Gasteiger partial charge in [0.2, 0.25) is 0 Å². The Bertz CT molecular complexity index is 1090. The minimum atomic E-state index is -4.45. The summed E-state index contributed by atoms with van der Waals surface area (Å²) in [5.41, 5.74) is 2.68. The number of nitrogens with one attached hydrogen (secondary N) is 1. The van der Waals surface area contributed by atoms with Gasteiger partial charge in [0.05, 0.1) is 10.5 Å². The highest BCUT2D eigenvalue weighted by atomic mass is 35.5. The first-order valence-corrected chi connectivity index (χ1v) is 9.98. The smallest absolute Gasteiger partial charge is 0.344 e. The Morgan fingerprint density at radius 3 is 2.72 bits per heavy atom. The van der Waals surface area contributed by atoms with Gasteiger partial charge in [0.1, 0.15) is 5.69 Å². The van der Waals surface area contributed by atoms with Crippen molar-refractivity contribution in [2.45, 2.75) is 50.5 Å². The van der Waals surface area contributed by atoms with Crippen LogP contribution in [0.4, 0.5) is 17.6 Å². The van der Waals surface area contributed by atoms with Crippen molar-refractivity contribution in [3.63, 3.8) is 0 Å². The number of nitrogens with zero attached hydrogens (tertiary/aromatic N) is 2. The molecule has 1 saturated heterocycles. The molecule has 3 nitrogen and oxygen atoms in total. The van der Waals surface area contributed by atoms with Gasteiger partial charge in [-0.25, -0.2) is 4.39 Å². The zero-order valence-corrected chi connectivity index (χ0v) is 16.1. The van der Waals surface area contributed by atoms with E-state index in [1.807, 2.05) is 6.07 Å². The predicted octanol–water partition coefficient (Wildman–Crippen LogP) is 5.44. The number of aryl methyl sites for hydroxylation is 2. The molecule has 152 valence electrons. The van der Waals surface area contributed by atoms with Crippen LogP contribution in [-0.4, -0.2) is 15.6 Å². The summed E-state index contributed by atoms with van der Waals surface area (Å²) in [6.45, 7) is 0.541. The first-order valence-electron chi connectivity index (χ1n) is 9.60. The molecule has 0 aliphatic carbocycles. The quantitative estimate of drug-likeness (QED) is 0.568. The molecule has 1 aromatic carbocycles. The molecule has 1 N–H and O–H groups in total. The van der Waals surface area contributed by atoms with E-state index in [0.29, 0.717) is 30.0 Å². The van der Waals surface area contributed by atoms with E-state index in [2.05, 4.69) is 14.9 Å². The second-order valence-corrected chi connectivity index (χ2v) is 8.17. The Kier molecular flexibility index (Phi) is 4.37. The summed E-state index contributed by atoms with van der Waals surface area (Å²) in [5.74, 6) is -0.400. The number of fused-ring (bicyclic) bond motifs is 6. The molecule has 5 rings (SSSR count). The van der Waals surface area contributed by atoms with E-state index in [-0.39, 0.29) is 11.1 Å². The lowest BCUT2D eigenvalue weighted by molar-refractivity contribution is -0.141. The number of rotatable bonds is 3. The largest absolute Gasteiger partial charge is 0.433 e. The molecule has 8 heteroatoms. The molecule has 4 heterocycles. The number of benzene rings is 1. The lowest BCUT2D eigenvalue weighted by Crippen LogP contribution is -2.32. The standard InChI is InChI=1S/C21H18ClF4N3/c22-13-3-5-15-19(20(13)23)18-14-4-2-12(28-14)9-16(18)29(15)8-7-11-1-6-17(27-10-11)21(24,25)26/h1,3,5-6,10,12,14,28H,2,4,7-9H2. The van der Waals surface area contributed by atoms with Gasteiger partial charge in [0, 0.05) is 47.9 Å². The molecule has 1 fully saturated rings. The number of hydrogen-bond donors (Lipinski definition) is 1. The number of hydrogen-bond acceptors (Lipinski definition) is 2. The maximum atomic E-state index is 15.0. The van der Waals surface area contributed by atoms with Gasteiger partial charge in [-0.2, -0.15) is 13.2 Å². The summed E-state index contributed by atoms with van der Waals surface area (Å²) < 4.78 is 55.2. The van der Waals surface area contributed by atoms with E-state index in [1.54, 1.807) is 6.07 Å². The zero-order chi connectivity index (χ0) is 20.3. The van der Waals surface area contributed by atoms with Crippen LogP contribution in [0.25, 0.3) is 10.9 Å². The van der Waals surface area contributed by atoms with Gasteiger partial charge in [0.15, 0.2) is 5.82 Å². The predicted molar refractivity (Wildman–Crippen MR) is 102 cm³/mol. The van der Waals surface area contributed by atoms with E-state index in [1.165, 1.54) is 12.3 Å². The summed E-state index contributed by atoms with van der Waals surface area (Å²) in [6.07, 6.45) is 0.148. The van der Waals surface area contributed by atoms with Crippen molar-refractivity contribution < 1.29 is 17.6 Å². The van der Waals surface area contributed by atoms with E-state index in [0.717, 1.165) is 42.1 Å². The second-order valence-electron chi connectivity index (χ2n) is 7.76. The highest BCUT2D eigenvalue weighted by Gasteiger charge is 2.37. The van der Waals surface area contributed by atoms with Crippen molar-refractivity contribution in [3.05, 3.63) is 63.8 Å². The number of pyridine rings is 1. The minimum Gasteiger partial charge on any atom is -0.344 e. The molecule has 3 aromatic rings. The minimum absolute atomic E-state index is 0.101. The van der Waals surface area contributed by atoms with Gasteiger partial charge in [-0.3, -0.25) is 4.98 Å². The SMILES string of the molecule is Fc1c(Cl)ccc2c1c1c(n2CCc2ccc(C(F)(F)F)nc2)CC2CCC1N2. The van der Waals surface area contributed by atoms with Gasteiger partial charge in [-0.15, -0.1) is 0 Å². The summed E-state index contributed by atoms with van der Waals surface area (Å²) in [6, 6.07) is 6.35. The molecule has 0 saturated carbocycles. The first-order chi connectivity index (χ1) is 13.8. The lowest BCUT2D eigenvalue weighted by atomic mass is 9.99. The molecule has 0 radical (unpaired) electrons. The van der Waals surface area contributed by atoms with Crippen molar-refractivity contribution >= 4 is 22.5 Å². The zero-order valence-electron chi connectivity index (χ0n) is 15.4. The van der Waals surface area contributed by atoms with Gasteiger partial charge in [-0.1, -0.05) is 17.7 Å². The van der Waals surface area contributed by atoms with Gasteiger partial charge >= 0.3 is 6.18 Å². The molecule has 2 atom stereocenters. The maximum Gasteiger partial charge on any atom is 0.433 e. The molecule has 29 heavy (non-hydrogen) atoms. The molecule has 2 aromatic heterocycles. The Balaban J connectivity index is 1.52.